The molecule has 4 aromatic heterocycles. The monoisotopic (exact) mass is 1200 g/mol. The Hall–Kier alpha value is -7.00. The van der Waals surface area contributed by atoms with Gasteiger partial charge in [0.1, 0.15) is 82.8 Å². The number of fused-ring (bicyclic) bond motifs is 8. The summed E-state index contributed by atoms with van der Waals surface area (Å²) in [5, 5.41) is 23.9. The Morgan fingerprint density at radius 2 is 1.34 bits per heavy atom. The van der Waals surface area contributed by atoms with Gasteiger partial charge in [0, 0.05) is 56.1 Å². The van der Waals surface area contributed by atoms with Gasteiger partial charge in [-0.1, -0.05) is 38.2 Å². The van der Waals surface area contributed by atoms with Gasteiger partial charge in [0.2, 0.25) is 11.8 Å². The van der Waals surface area contributed by atoms with Crippen LogP contribution >= 0.6 is 0 Å². The van der Waals surface area contributed by atoms with Crippen molar-refractivity contribution in [3.8, 4) is 57.8 Å². The number of halogens is 2. The minimum absolute atomic E-state index is 0.00440. The first-order chi connectivity index (χ1) is 42.7. The number of pyridine rings is 2. The van der Waals surface area contributed by atoms with Crippen LogP contribution in [0.2, 0.25) is 0 Å². The molecule has 0 amide bonds. The van der Waals surface area contributed by atoms with Gasteiger partial charge in [0.15, 0.2) is 11.6 Å². The number of ether oxygens (including phenoxy) is 6. The van der Waals surface area contributed by atoms with Crippen LogP contribution in [-0.2, 0) is 15.9 Å². The number of aromatic hydroxyl groups is 2. The zero-order valence-electron chi connectivity index (χ0n) is 50.7. The smallest absolute Gasteiger partial charge is 0.319 e. The number of rotatable bonds is 10. The lowest BCUT2D eigenvalue weighted by molar-refractivity contribution is 0.0744. The van der Waals surface area contributed by atoms with Crippen molar-refractivity contribution in [1.82, 2.24) is 39.7 Å². The number of hydrogen-bond donors (Lipinski definition) is 2. The van der Waals surface area contributed by atoms with Crippen molar-refractivity contribution >= 4 is 33.4 Å². The van der Waals surface area contributed by atoms with Gasteiger partial charge in [0.25, 0.3) is 0 Å². The molecule has 10 aliphatic rings. The molecule has 6 saturated heterocycles. The molecule has 0 saturated carbocycles. The average molecular weight is 1200 g/mol. The number of nitrogens with zero attached hydrogens (tertiary/aromatic N) is 10. The van der Waals surface area contributed by atoms with E-state index in [4.69, 9.17) is 58.3 Å². The molecule has 2 aliphatic carbocycles. The fraction of sp³-hybridized carbons (Fsp3) is 0.559. The minimum Gasteiger partial charge on any atom is -0.508 e. The van der Waals surface area contributed by atoms with Crippen LogP contribution in [0.4, 0.5) is 20.4 Å². The fourth-order valence-corrected chi connectivity index (χ4v) is 17.8. The predicted molar refractivity (Wildman–Crippen MR) is 328 cm³/mol. The Labute approximate surface area is 511 Å². The molecular formula is C68H78F2N10O8. The molecule has 12 heterocycles. The zero-order chi connectivity index (χ0) is 59.9. The van der Waals surface area contributed by atoms with E-state index in [9.17, 15) is 10.2 Å². The SMILES string of the molecule is C=C1CN2CCC[C@@]2(COc2nc3c4c(nc(-c5cc(O)cc6c5[C@H](CC)CCC6C5CC[C@@]6(COc7nc8c9c(nc(-c%10cc(O)cc%11c%10[C@H](C)CCC%11)c(F)c9n7)OC[C@@H]7COCC[C@H](C)N87)CC(=C)CN56)c(F)c4n2)OC[C@@H]2COCCCN32)C1. The Bertz CT molecular complexity index is 3870. The van der Waals surface area contributed by atoms with Crippen molar-refractivity contribution in [3.05, 3.63) is 82.5 Å². The average Bonchev–Trinajstić information content (AvgIpc) is 1.29. The van der Waals surface area contributed by atoms with Crippen molar-refractivity contribution < 1.29 is 47.4 Å². The molecule has 0 bridgehead atoms. The Morgan fingerprint density at radius 1 is 0.670 bits per heavy atom. The summed E-state index contributed by atoms with van der Waals surface area (Å²) in [5.74, 6) is 0.450. The van der Waals surface area contributed by atoms with Gasteiger partial charge in [-0.15, -0.1) is 0 Å². The molecule has 2 unspecified atom stereocenters. The van der Waals surface area contributed by atoms with Crippen LogP contribution in [0.15, 0.2) is 48.6 Å². The van der Waals surface area contributed by atoms with Crippen molar-refractivity contribution in [2.45, 2.75) is 164 Å². The van der Waals surface area contributed by atoms with Crippen molar-refractivity contribution in [1.29, 1.82) is 0 Å². The van der Waals surface area contributed by atoms with Gasteiger partial charge in [-0.3, -0.25) is 9.80 Å². The van der Waals surface area contributed by atoms with Gasteiger partial charge in [-0.2, -0.15) is 19.9 Å². The van der Waals surface area contributed by atoms with E-state index in [-0.39, 0.29) is 125 Å². The summed E-state index contributed by atoms with van der Waals surface area (Å²) >= 11 is 0. The topological polar surface area (TPSA) is 186 Å². The van der Waals surface area contributed by atoms with Gasteiger partial charge in [-0.25, -0.2) is 18.7 Å². The van der Waals surface area contributed by atoms with Crippen LogP contribution in [0, 0.1) is 11.6 Å². The molecule has 9 atom stereocenters. The van der Waals surface area contributed by atoms with Crippen LogP contribution < -0.4 is 28.7 Å². The number of aryl methyl sites for hydroxylation is 1. The van der Waals surface area contributed by atoms with Crippen LogP contribution in [0.3, 0.4) is 0 Å². The summed E-state index contributed by atoms with van der Waals surface area (Å²) in [5.41, 5.74) is 6.82. The van der Waals surface area contributed by atoms with Gasteiger partial charge >= 0.3 is 12.0 Å². The van der Waals surface area contributed by atoms with Gasteiger partial charge < -0.3 is 48.4 Å². The number of phenolic OH excluding ortho intramolecular Hbond substituents is 2. The van der Waals surface area contributed by atoms with E-state index in [0.29, 0.717) is 86.1 Å². The molecule has 18 nitrogen and oxygen atoms in total. The highest BCUT2D eigenvalue weighted by molar-refractivity contribution is 5.99. The number of aromatic nitrogens is 6. The summed E-state index contributed by atoms with van der Waals surface area (Å²) in [6, 6.07) is 6.66. The van der Waals surface area contributed by atoms with Gasteiger partial charge in [0.05, 0.1) is 36.4 Å². The molecule has 16 rings (SSSR count). The van der Waals surface area contributed by atoms with E-state index < -0.39 is 17.2 Å². The first-order valence-corrected chi connectivity index (χ1v) is 32.4. The second-order valence-corrected chi connectivity index (χ2v) is 27.2. The molecule has 0 radical (unpaired) electrons. The molecule has 2 N–H and O–H groups in total. The predicted octanol–water partition coefficient (Wildman–Crippen LogP) is 11.0. The first kappa shape index (κ1) is 56.2. The second kappa shape index (κ2) is 21.6. The minimum atomic E-state index is -0.626. The Morgan fingerprint density at radius 3 is 2.11 bits per heavy atom. The summed E-state index contributed by atoms with van der Waals surface area (Å²) in [4.78, 5) is 39.6. The quantitative estimate of drug-likeness (QED) is 0.123. The fourth-order valence-electron chi connectivity index (χ4n) is 17.8. The first-order valence-electron chi connectivity index (χ1n) is 32.4. The lowest BCUT2D eigenvalue weighted by atomic mass is 9.70. The molecule has 0 spiro atoms. The molecule has 88 heavy (non-hydrogen) atoms. The highest BCUT2D eigenvalue weighted by atomic mass is 19.1. The maximum atomic E-state index is 18.3. The molecule has 20 heteroatoms. The summed E-state index contributed by atoms with van der Waals surface area (Å²) < 4.78 is 75.2. The second-order valence-electron chi connectivity index (χ2n) is 27.2. The summed E-state index contributed by atoms with van der Waals surface area (Å²) in [6.45, 7) is 21.5. The van der Waals surface area contributed by atoms with E-state index in [2.05, 4.69) is 53.5 Å². The van der Waals surface area contributed by atoms with Crippen LogP contribution in [0.25, 0.3) is 44.3 Å². The summed E-state index contributed by atoms with van der Waals surface area (Å²) in [7, 11) is 0. The maximum absolute atomic E-state index is 18.3. The number of anilines is 2. The molecular weight excluding hydrogens is 1120 g/mol. The number of hydrogen-bond acceptors (Lipinski definition) is 18. The normalized spacial score (nSPS) is 29.3. The van der Waals surface area contributed by atoms with E-state index in [1.54, 1.807) is 18.2 Å². The number of phenols is 2. The van der Waals surface area contributed by atoms with Crippen molar-refractivity contribution in [2.24, 2.45) is 0 Å². The lowest BCUT2D eigenvalue weighted by Gasteiger charge is -2.41. The van der Waals surface area contributed by atoms with E-state index in [1.807, 2.05) is 6.07 Å². The van der Waals surface area contributed by atoms with Crippen molar-refractivity contribution in [2.75, 3.05) is 88.8 Å². The molecule has 8 aliphatic heterocycles. The molecule has 2 aromatic carbocycles. The van der Waals surface area contributed by atoms with E-state index in [0.717, 1.165) is 124 Å². The van der Waals surface area contributed by atoms with Crippen molar-refractivity contribution in [3.63, 3.8) is 0 Å². The standard InChI is InChI=1S/C68H78F2N10O8/c1-6-40-12-13-46(47-23-45(82)25-49(52(40)47)58-56(70)59-53-61(78-19-9-20-83-30-42(78)32-85-63(53)72-58)75-65(73-59)87-34-67-16-8-18-77(67)28-36(2)26-67)50-14-17-68(27-37(3)29-79(50)68)35-88-66-74-60-54-62(76-66)80-39(5)15-21-84-31-43(80)33-86-64(54)71-57(55(60)69)48-24-44(81)22-41-11-7-10-38(4)51(41)48/h22-25,38-40,42-43,46,50,81-82H,2-3,6-21,26-35H2,1,4-5H3/t38-,39+,40-,42+,43+,46?,50?,67+,68+/m1/s1. The lowest BCUT2D eigenvalue weighted by Crippen LogP contribution is -2.48. The largest absolute Gasteiger partial charge is 0.508 e. The van der Waals surface area contributed by atoms with E-state index in [1.165, 1.54) is 5.57 Å². The Kier molecular flexibility index (Phi) is 13.8. The van der Waals surface area contributed by atoms with E-state index >= 15 is 8.78 Å². The molecule has 462 valence electrons. The summed E-state index contributed by atoms with van der Waals surface area (Å²) in [6.07, 6.45) is 11.8. The van der Waals surface area contributed by atoms with Crippen LogP contribution in [-0.4, -0.2) is 164 Å². The third kappa shape index (κ3) is 9.09. The van der Waals surface area contributed by atoms with Crippen LogP contribution in [0.5, 0.6) is 35.3 Å². The molecule has 6 aromatic rings. The maximum Gasteiger partial charge on any atom is 0.319 e. The zero-order valence-corrected chi connectivity index (χ0v) is 50.7. The Balaban J connectivity index is 0.760. The third-order valence-corrected chi connectivity index (χ3v) is 21.8. The van der Waals surface area contributed by atoms with Gasteiger partial charge in [-0.05, 0) is 168 Å². The highest BCUT2D eigenvalue weighted by Crippen LogP contribution is 2.56. The van der Waals surface area contributed by atoms with Crippen LogP contribution in [0.1, 0.15) is 144 Å². The number of benzene rings is 2. The highest BCUT2D eigenvalue weighted by Gasteiger charge is 2.55. The molecule has 6 fully saturated rings. The third-order valence-electron chi connectivity index (χ3n) is 21.8.